The van der Waals surface area contributed by atoms with Crippen LogP contribution in [0.4, 0.5) is 0 Å². The summed E-state index contributed by atoms with van der Waals surface area (Å²) in [4.78, 5) is 11.7. The predicted octanol–water partition coefficient (Wildman–Crippen LogP) is -0.744. The standard InChI is InChI=1S/C9H9N7O3/c1-15-9(17)16(14-13-15)7-5-19-12-6(7)4-18-8-2-3-10-11-8/h2-3,5H,4H2,1H3,(H,10,11)/i/hT. The molecule has 3 rings (SSSR count). The van der Waals surface area contributed by atoms with Crippen LogP contribution < -0.4 is 10.4 Å². The fourth-order valence-electron chi connectivity index (χ4n) is 1.43. The van der Waals surface area contributed by atoms with Crippen molar-refractivity contribution in [3.05, 3.63) is 34.7 Å². The number of aromatic amines is 1. The number of hydrogen-bond acceptors (Lipinski definition) is 7. The quantitative estimate of drug-likeness (QED) is 0.659. The van der Waals surface area contributed by atoms with Gasteiger partial charge in [-0.15, -0.1) is 5.10 Å². The highest BCUT2D eigenvalue weighted by Gasteiger charge is 2.15. The zero-order chi connectivity index (χ0) is 14.1. The third-order valence-electron chi connectivity index (χ3n) is 2.37. The SMILES string of the molecule is [3H]n1ccc(OCc2nocc2-n2nnn(C)c2=O)n1. The topological polar surface area (TPSA) is 117 Å². The number of H-pyrrole nitrogens is 1. The first-order chi connectivity index (χ1) is 9.65. The summed E-state index contributed by atoms with van der Waals surface area (Å²) < 4.78 is 19.5. The van der Waals surface area contributed by atoms with Crippen molar-refractivity contribution in [3.8, 4) is 11.6 Å². The molecule has 0 radical (unpaired) electrons. The zero-order valence-electron chi connectivity index (χ0n) is 10.8. The van der Waals surface area contributed by atoms with Crippen LogP contribution in [0.25, 0.3) is 5.69 Å². The summed E-state index contributed by atoms with van der Waals surface area (Å²) in [6, 6.07) is 1.53. The van der Waals surface area contributed by atoms with Gasteiger partial charge < -0.3 is 9.26 Å². The Morgan fingerprint density at radius 2 is 2.47 bits per heavy atom. The van der Waals surface area contributed by atoms with Crippen LogP contribution in [-0.2, 0) is 13.7 Å². The summed E-state index contributed by atoms with van der Waals surface area (Å²) in [7, 11) is 1.48. The van der Waals surface area contributed by atoms with Crippen LogP contribution in [0.2, 0.25) is 1.41 Å². The summed E-state index contributed by atoms with van der Waals surface area (Å²) in [5.74, 6) is 0.264. The number of aryl methyl sites for hydroxylation is 1. The van der Waals surface area contributed by atoms with E-state index in [1.54, 1.807) is 0 Å². The minimum Gasteiger partial charge on any atom is -0.470 e. The van der Waals surface area contributed by atoms with E-state index < -0.39 is 5.69 Å². The van der Waals surface area contributed by atoms with Crippen LogP contribution in [0.3, 0.4) is 0 Å². The summed E-state index contributed by atoms with van der Waals surface area (Å²) >= 11 is 0. The lowest BCUT2D eigenvalue weighted by Gasteiger charge is -2.00. The van der Waals surface area contributed by atoms with Gasteiger partial charge in [-0.1, -0.05) is 5.16 Å². The first-order valence-electron chi connectivity index (χ1n) is 5.70. The van der Waals surface area contributed by atoms with E-state index in [0.717, 1.165) is 14.5 Å². The number of nitrogens with zero attached hydrogens (tertiary/aromatic N) is 6. The van der Waals surface area contributed by atoms with E-state index in [-0.39, 0.29) is 12.5 Å². The predicted molar refractivity (Wildman–Crippen MR) is 59.6 cm³/mol. The number of hydrogen-bond donors (Lipinski definition) is 1. The largest absolute Gasteiger partial charge is 0.470 e. The molecule has 3 aromatic heterocycles. The molecule has 0 aliphatic heterocycles. The molecule has 0 atom stereocenters. The van der Waals surface area contributed by atoms with Crippen LogP contribution in [0.15, 0.2) is 27.8 Å². The van der Waals surface area contributed by atoms with E-state index in [9.17, 15) is 4.79 Å². The molecule has 10 heteroatoms. The van der Waals surface area contributed by atoms with Gasteiger partial charge in [-0.3, -0.25) is 5.09 Å². The Morgan fingerprint density at radius 3 is 3.16 bits per heavy atom. The molecule has 3 heterocycles. The van der Waals surface area contributed by atoms with Gasteiger partial charge in [0.1, 0.15) is 24.3 Å². The highest BCUT2D eigenvalue weighted by atomic mass is 16.5. The molecule has 0 unspecified atom stereocenters. The lowest BCUT2D eigenvalue weighted by Crippen LogP contribution is -2.22. The molecule has 98 valence electrons. The summed E-state index contributed by atoms with van der Waals surface area (Å²) in [5.41, 5.74) is 0.283. The third kappa shape index (κ3) is 1.99. The van der Waals surface area contributed by atoms with E-state index in [1.807, 2.05) is 0 Å². The van der Waals surface area contributed by atoms with Gasteiger partial charge in [0.2, 0.25) is 5.88 Å². The van der Waals surface area contributed by atoms with Gasteiger partial charge in [-0.25, -0.2) is 4.79 Å². The van der Waals surface area contributed by atoms with Crippen molar-refractivity contribution in [2.75, 3.05) is 0 Å². The van der Waals surface area contributed by atoms with Crippen LogP contribution in [-0.4, -0.2) is 35.1 Å². The number of rotatable bonds is 4. The number of nitrogens with one attached hydrogen (secondary N) is 1. The molecular weight excluding hydrogens is 254 g/mol. The molecule has 0 aliphatic carbocycles. The minimum absolute atomic E-state index is 0.0197. The summed E-state index contributed by atoms with van der Waals surface area (Å²) in [6.45, 7) is 0.0197. The maximum atomic E-state index is 11.7. The zero-order valence-corrected chi connectivity index (χ0v) is 9.79. The van der Waals surface area contributed by atoms with Gasteiger partial charge in [0.05, 0.1) is 0 Å². The van der Waals surface area contributed by atoms with Crippen molar-refractivity contribution in [1.82, 2.24) is 35.1 Å². The Balaban J connectivity index is 1.83. The fraction of sp³-hybridized carbons (Fsp3) is 0.222. The molecule has 3 aromatic rings. The monoisotopic (exact) mass is 265 g/mol. The normalized spacial score (nSPS) is 11.5. The number of tetrazole rings is 1. The molecule has 0 fully saturated rings. The molecule has 0 aromatic carbocycles. The smallest absolute Gasteiger partial charge is 0.368 e. The molecule has 0 amide bonds. The second-order valence-electron chi connectivity index (χ2n) is 3.60. The molecule has 0 aliphatic rings. The summed E-state index contributed by atoms with van der Waals surface area (Å²) in [5, 5.41) is 15.6. The van der Waals surface area contributed by atoms with Crippen LogP contribution >= 0.6 is 0 Å². The maximum absolute atomic E-state index is 11.7. The molecular formula is C9H9N7O3. The Labute approximate surface area is 107 Å². The average Bonchev–Trinajstić information content (AvgIpc) is 3.11. The number of aromatic nitrogens is 7. The van der Waals surface area contributed by atoms with Crippen molar-refractivity contribution in [2.24, 2.45) is 7.05 Å². The molecule has 0 saturated heterocycles. The summed E-state index contributed by atoms with van der Waals surface area (Å²) in [6.07, 6.45) is 2.70. The second kappa shape index (κ2) is 4.40. The second-order valence-corrected chi connectivity index (χ2v) is 3.60. The van der Waals surface area contributed by atoms with Gasteiger partial charge in [-0.2, -0.15) is 9.36 Å². The van der Waals surface area contributed by atoms with E-state index in [4.69, 9.17) is 10.7 Å². The van der Waals surface area contributed by atoms with Crippen molar-refractivity contribution in [2.45, 2.75) is 6.61 Å². The molecule has 0 bridgehead atoms. The van der Waals surface area contributed by atoms with Gasteiger partial charge in [0.25, 0.3) is 0 Å². The van der Waals surface area contributed by atoms with Crippen molar-refractivity contribution >= 4 is 0 Å². The highest BCUT2D eigenvalue weighted by Crippen LogP contribution is 2.12. The van der Waals surface area contributed by atoms with E-state index in [1.165, 1.54) is 25.6 Å². The first-order valence-corrected chi connectivity index (χ1v) is 5.25. The van der Waals surface area contributed by atoms with Gasteiger partial charge >= 0.3 is 5.69 Å². The van der Waals surface area contributed by atoms with E-state index >= 15 is 0 Å². The number of ether oxygens (including phenoxy) is 1. The van der Waals surface area contributed by atoms with E-state index in [2.05, 4.69) is 20.7 Å². The fourth-order valence-corrected chi connectivity index (χ4v) is 1.43. The average molecular weight is 265 g/mol. The molecule has 10 nitrogen and oxygen atoms in total. The maximum Gasteiger partial charge on any atom is 0.368 e. The van der Waals surface area contributed by atoms with Crippen LogP contribution in [0, 0.1) is 0 Å². The Kier molecular flexibility index (Phi) is 2.33. The first kappa shape index (κ1) is 10.1. The third-order valence-corrected chi connectivity index (χ3v) is 2.37. The lowest BCUT2D eigenvalue weighted by molar-refractivity contribution is 0.278. The van der Waals surface area contributed by atoms with Crippen molar-refractivity contribution in [1.29, 1.82) is 0 Å². The molecule has 1 N–H and O–H groups in total. The van der Waals surface area contributed by atoms with Gasteiger partial charge in [0.15, 0.2) is 1.41 Å². The highest BCUT2D eigenvalue weighted by molar-refractivity contribution is 5.30. The van der Waals surface area contributed by atoms with Crippen LogP contribution in [0.5, 0.6) is 5.88 Å². The van der Waals surface area contributed by atoms with Crippen LogP contribution in [0.1, 0.15) is 5.69 Å². The Morgan fingerprint density at radius 1 is 1.58 bits per heavy atom. The molecule has 0 saturated carbocycles. The van der Waals surface area contributed by atoms with Gasteiger partial charge in [0, 0.05) is 19.3 Å². The van der Waals surface area contributed by atoms with Crippen molar-refractivity contribution in [3.63, 3.8) is 0 Å². The van der Waals surface area contributed by atoms with Crippen molar-refractivity contribution < 1.29 is 10.7 Å². The minimum atomic E-state index is -0.426. The molecule has 0 spiro atoms. The van der Waals surface area contributed by atoms with E-state index in [0.29, 0.717) is 11.4 Å². The Bertz CT molecular complexity index is 785. The Hall–Kier alpha value is -2.91. The van der Waals surface area contributed by atoms with Gasteiger partial charge in [-0.05, 0) is 10.4 Å². The lowest BCUT2D eigenvalue weighted by atomic mass is 10.4. The molecule has 19 heavy (non-hydrogen) atoms.